The van der Waals surface area contributed by atoms with E-state index < -0.39 is 55.2 Å². The molecule has 0 aliphatic heterocycles. The van der Waals surface area contributed by atoms with E-state index in [1.165, 1.54) is 0 Å². The molecule has 3 atom stereocenters. The van der Waals surface area contributed by atoms with Crippen molar-refractivity contribution < 1.29 is 62.2 Å². The van der Waals surface area contributed by atoms with Crippen LogP contribution in [0.15, 0.2) is 0 Å². The lowest BCUT2D eigenvalue weighted by Crippen LogP contribution is -2.69. The molecule has 1 N–H and O–H groups in total. The summed E-state index contributed by atoms with van der Waals surface area (Å²) in [6, 6.07) is 0. The highest BCUT2D eigenvalue weighted by Crippen LogP contribution is 2.57. The first kappa shape index (κ1) is 22.1. The molecule has 1 nitrogen and oxygen atoms in total. The second-order valence-electron chi connectivity index (χ2n) is 4.31. The predicted molar refractivity (Wildman–Crippen MR) is 46.8 cm³/mol. The summed E-state index contributed by atoms with van der Waals surface area (Å²) in [4.78, 5) is 0. The third kappa shape index (κ3) is 3.05. The van der Waals surface area contributed by atoms with Crippen molar-refractivity contribution in [3.63, 3.8) is 0 Å². The summed E-state index contributed by atoms with van der Waals surface area (Å²) >= 11 is 0. The van der Waals surface area contributed by atoms with E-state index in [4.69, 9.17) is 5.11 Å². The molecule has 23 heavy (non-hydrogen) atoms. The molecule has 0 bridgehead atoms. The van der Waals surface area contributed by atoms with E-state index in [9.17, 15) is 57.1 Å². The minimum absolute atomic E-state index is 0.435. The molecule has 0 rings (SSSR count). The van der Waals surface area contributed by atoms with Gasteiger partial charge in [-0.25, -0.2) is 13.2 Å². The monoisotopic (exact) mass is 377 g/mol. The van der Waals surface area contributed by atoms with Gasteiger partial charge in [-0.15, -0.1) is 0 Å². The molecule has 1 radical (unpaired) electrons. The number of rotatable bonds is 7. The molecule has 0 spiro atoms. The van der Waals surface area contributed by atoms with E-state index in [0.717, 1.165) is 0 Å². The van der Waals surface area contributed by atoms with Crippen molar-refractivity contribution in [2.75, 3.05) is 0 Å². The lowest BCUT2D eigenvalue weighted by molar-refractivity contribution is -0.395. The number of hydrogen-bond donors (Lipinski definition) is 1. The molecule has 0 saturated carbocycles. The summed E-state index contributed by atoms with van der Waals surface area (Å²) in [7, 11) is 0. The Morgan fingerprint density at radius 3 is 1.30 bits per heavy atom. The summed E-state index contributed by atoms with van der Waals surface area (Å²) in [5.41, 5.74) is 0. The van der Waals surface area contributed by atoms with Gasteiger partial charge in [0.1, 0.15) is 0 Å². The van der Waals surface area contributed by atoms with E-state index in [2.05, 4.69) is 0 Å². The first-order valence-electron chi connectivity index (χ1n) is 5.18. The van der Waals surface area contributed by atoms with Crippen LogP contribution in [0.5, 0.6) is 0 Å². The van der Waals surface area contributed by atoms with Crippen LogP contribution < -0.4 is 0 Å². The molecule has 0 aromatic carbocycles. The maximum Gasteiger partial charge on any atom is 0.381 e. The molecule has 0 aromatic heterocycles. The third-order valence-corrected chi connectivity index (χ3v) is 2.65. The van der Waals surface area contributed by atoms with Crippen LogP contribution in [0.3, 0.4) is 0 Å². The van der Waals surface area contributed by atoms with E-state index in [1.807, 2.05) is 0 Å². The van der Waals surface area contributed by atoms with Crippen LogP contribution >= 0.6 is 0 Å². The van der Waals surface area contributed by atoms with Gasteiger partial charge in [0.25, 0.3) is 0 Å². The molecular weight excluding hydrogens is 371 g/mol. The first-order valence-corrected chi connectivity index (χ1v) is 5.18. The van der Waals surface area contributed by atoms with Gasteiger partial charge in [-0.2, -0.15) is 43.9 Å². The smallest absolute Gasteiger partial charge is 0.355 e. The van der Waals surface area contributed by atoms with Gasteiger partial charge >= 0.3 is 36.0 Å². The zero-order valence-corrected chi connectivity index (χ0v) is 10.5. The highest BCUT2D eigenvalue weighted by atomic mass is 19.4. The van der Waals surface area contributed by atoms with Gasteiger partial charge in [-0.3, -0.25) is 0 Å². The maximum absolute atomic E-state index is 13.0. The zero-order valence-electron chi connectivity index (χ0n) is 10.5. The first-order chi connectivity index (χ1) is 9.79. The van der Waals surface area contributed by atoms with Crippen LogP contribution in [0.25, 0.3) is 0 Å². The maximum atomic E-state index is 13.0. The summed E-state index contributed by atoms with van der Waals surface area (Å²) in [5, 5.41) is 7.99. The Hall–Kier alpha value is -0.950. The van der Waals surface area contributed by atoms with E-state index in [-0.39, 0.29) is 0 Å². The van der Waals surface area contributed by atoms with Crippen LogP contribution in [0.4, 0.5) is 57.1 Å². The average molecular weight is 377 g/mol. The van der Waals surface area contributed by atoms with E-state index in [1.54, 1.807) is 0 Å². The number of alkyl halides is 11. The Morgan fingerprint density at radius 1 is 0.739 bits per heavy atom. The molecule has 139 valence electrons. The molecule has 0 amide bonds. The summed E-state index contributed by atoms with van der Waals surface area (Å²) < 4.78 is 164. The van der Waals surface area contributed by atoms with Crippen molar-refractivity contribution in [2.24, 2.45) is 0 Å². The minimum Gasteiger partial charge on any atom is -0.355 e. The van der Waals surface area contributed by atoms with Crippen molar-refractivity contribution in [1.29, 1.82) is 0 Å². The normalized spacial score (nSPS) is 20.3. The molecule has 0 fully saturated rings. The Morgan fingerprint density at radius 2 is 1.04 bits per heavy atom. The largest absolute Gasteiger partial charge is 0.381 e. The van der Waals surface area contributed by atoms with Gasteiger partial charge in [0, 0.05) is 0 Å². The standard InChI is InChI=1S/C9H6F13O/c1-2(10)6(15,16)8(19,20)9(21,22)7(17,18)3(11)5(14,23)4(12)13/h2-3,23H,1H3. The predicted octanol–water partition coefficient (Wildman–Crippen LogP) is 4.31. The van der Waals surface area contributed by atoms with Gasteiger partial charge in [-0.1, -0.05) is 0 Å². The fourth-order valence-electron chi connectivity index (χ4n) is 1.16. The Kier molecular flexibility index (Phi) is 5.60. The van der Waals surface area contributed by atoms with Gasteiger partial charge in [0.2, 0.25) is 6.17 Å². The van der Waals surface area contributed by atoms with Crippen molar-refractivity contribution >= 4 is 0 Å². The second kappa shape index (κ2) is 5.84. The number of halogens is 13. The lowest BCUT2D eigenvalue weighted by atomic mass is 9.91. The van der Waals surface area contributed by atoms with Crippen LogP contribution in [-0.2, 0) is 0 Å². The number of aliphatic hydroxyl groups is 1. The molecule has 0 aliphatic carbocycles. The third-order valence-electron chi connectivity index (χ3n) is 2.65. The molecule has 0 heterocycles. The van der Waals surface area contributed by atoms with Crippen molar-refractivity contribution in [3.05, 3.63) is 6.43 Å². The quantitative estimate of drug-likeness (QED) is 0.656. The Balaban J connectivity index is 6.08. The van der Waals surface area contributed by atoms with Gasteiger partial charge < -0.3 is 5.11 Å². The fourth-order valence-corrected chi connectivity index (χ4v) is 1.16. The fraction of sp³-hybridized carbons (Fsp3) is 0.889. The topological polar surface area (TPSA) is 20.2 Å². The molecule has 0 aromatic rings. The summed E-state index contributed by atoms with van der Waals surface area (Å²) in [5.74, 6) is -34.8. The van der Waals surface area contributed by atoms with E-state index >= 15 is 0 Å². The highest BCUT2D eigenvalue weighted by Gasteiger charge is 2.85. The van der Waals surface area contributed by atoms with Gasteiger partial charge in [0.05, 0.1) is 0 Å². The van der Waals surface area contributed by atoms with E-state index in [0.29, 0.717) is 0 Å². The highest BCUT2D eigenvalue weighted by molar-refractivity contribution is 5.11. The van der Waals surface area contributed by atoms with Gasteiger partial charge in [-0.05, 0) is 6.92 Å². The SMILES string of the molecule is CC(F)C(F)(F)C(F)(F)C(F)(F)C(F)(F)C(F)C(O)(F)[C](F)F. The molecule has 3 unspecified atom stereocenters. The molecule has 0 saturated heterocycles. The van der Waals surface area contributed by atoms with Crippen molar-refractivity contribution in [3.8, 4) is 0 Å². The summed E-state index contributed by atoms with van der Waals surface area (Å²) in [6.07, 6.45) is -14.2. The lowest BCUT2D eigenvalue weighted by Gasteiger charge is -2.39. The molecular formula is C9H6F13O. The van der Waals surface area contributed by atoms with Gasteiger partial charge in [0.15, 0.2) is 6.17 Å². The van der Waals surface area contributed by atoms with Crippen LogP contribution in [0, 0.1) is 6.43 Å². The average Bonchev–Trinajstić information content (AvgIpc) is 2.36. The van der Waals surface area contributed by atoms with Crippen LogP contribution in [0.2, 0.25) is 0 Å². The van der Waals surface area contributed by atoms with Crippen molar-refractivity contribution in [1.82, 2.24) is 0 Å². The van der Waals surface area contributed by atoms with Crippen LogP contribution in [-0.4, -0.2) is 47.0 Å². The number of hydrogen-bond acceptors (Lipinski definition) is 1. The van der Waals surface area contributed by atoms with Crippen LogP contribution in [0.1, 0.15) is 6.92 Å². The zero-order chi connectivity index (χ0) is 19.2. The molecule has 0 aliphatic rings. The van der Waals surface area contributed by atoms with Crippen molar-refractivity contribution in [2.45, 2.75) is 48.8 Å². The molecule has 14 heteroatoms. The second-order valence-corrected chi connectivity index (χ2v) is 4.31. The minimum atomic E-state index is -7.56. The Labute approximate surface area is 119 Å². The summed E-state index contributed by atoms with van der Waals surface area (Å²) in [6.45, 7) is -0.435. The Bertz CT molecular complexity index is 416.